The van der Waals surface area contributed by atoms with Gasteiger partial charge >= 0.3 is 5.97 Å². The predicted molar refractivity (Wildman–Crippen MR) is 129 cm³/mol. The van der Waals surface area contributed by atoms with Crippen LogP contribution in [0.5, 0.6) is 11.5 Å². The molecule has 4 aromatic rings. The van der Waals surface area contributed by atoms with Crippen molar-refractivity contribution in [3.8, 4) is 22.6 Å². The number of benzene rings is 3. The highest BCUT2D eigenvalue weighted by Gasteiger charge is 2.20. The topological polar surface area (TPSA) is 115 Å². The molecule has 0 saturated carbocycles. The van der Waals surface area contributed by atoms with Gasteiger partial charge in [-0.3, -0.25) is 4.79 Å². The first kappa shape index (κ1) is 23.4. The van der Waals surface area contributed by atoms with Gasteiger partial charge < -0.3 is 29.8 Å². The van der Waals surface area contributed by atoms with E-state index in [0.29, 0.717) is 40.5 Å². The molecule has 1 atom stereocenters. The summed E-state index contributed by atoms with van der Waals surface area (Å²) in [4.78, 5) is 11.3. The summed E-state index contributed by atoms with van der Waals surface area (Å²) in [7, 11) is 1.53. The molecule has 7 nitrogen and oxygen atoms in total. The summed E-state index contributed by atoms with van der Waals surface area (Å²) in [5.41, 5.74) is 10.7. The summed E-state index contributed by atoms with van der Waals surface area (Å²) in [5.74, 6) is 0.404. The van der Waals surface area contributed by atoms with E-state index in [1.54, 1.807) is 25.1 Å². The van der Waals surface area contributed by atoms with E-state index in [2.05, 4.69) is 0 Å². The molecular formula is C27H27NO6. The van der Waals surface area contributed by atoms with Gasteiger partial charge in [0.2, 0.25) is 0 Å². The maximum atomic E-state index is 11.3. The Morgan fingerprint density at radius 3 is 2.59 bits per heavy atom. The second-order valence-electron chi connectivity index (χ2n) is 8.07. The fraction of sp³-hybridized carbons (Fsp3) is 0.222. The monoisotopic (exact) mass is 461 g/mol. The van der Waals surface area contributed by atoms with Crippen LogP contribution in [0.25, 0.3) is 22.1 Å². The fourth-order valence-electron chi connectivity index (χ4n) is 3.97. The molecule has 7 heteroatoms. The predicted octanol–water partition coefficient (Wildman–Crippen LogP) is 4.83. The van der Waals surface area contributed by atoms with Gasteiger partial charge in [0.15, 0.2) is 0 Å². The van der Waals surface area contributed by atoms with Crippen LogP contribution in [0.4, 0.5) is 0 Å². The van der Waals surface area contributed by atoms with E-state index in [4.69, 9.17) is 19.6 Å². The number of carbonyl (C=O) groups is 1. The van der Waals surface area contributed by atoms with E-state index in [0.717, 1.165) is 22.1 Å². The molecule has 4 rings (SSSR count). The van der Waals surface area contributed by atoms with E-state index in [1.807, 2.05) is 42.5 Å². The molecule has 0 aliphatic rings. The van der Waals surface area contributed by atoms with Gasteiger partial charge in [-0.05, 0) is 47.9 Å². The van der Waals surface area contributed by atoms with Crippen molar-refractivity contribution in [2.45, 2.75) is 32.6 Å². The molecule has 176 valence electrons. The number of rotatable bonds is 9. The minimum Gasteiger partial charge on any atom is -0.497 e. The Hall–Kier alpha value is -3.81. The molecule has 0 radical (unpaired) electrons. The lowest BCUT2D eigenvalue weighted by molar-refractivity contribution is -0.136. The first-order chi connectivity index (χ1) is 16.4. The largest absolute Gasteiger partial charge is 0.497 e. The van der Waals surface area contributed by atoms with Gasteiger partial charge in [-0.1, -0.05) is 30.3 Å². The zero-order valence-corrected chi connectivity index (χ0v) is 19.1. The average Bonchev–Trinajstić information content (AvgIpc) is 3.21. The number of methoxy groups -OCH3 is 1. The SMILES string of the molecule is COc1ccc(CC(=O)O)c(OCc2c(C(C)O)oc3ccc(-c4cccc(CN)c4)cc23)c1. The van der Waals surface area contributed by atoms with Gasteiger partial charge in [-0.25, -0.2) is 0 Å². The van der Waals surface area contributed by atoms with Crippen molar-refractivity contribution in [3.05, 3.63) is 83.1 Å². The molecule has 1 unspecified atom stereocenters. The molecule has 34 heavy (non-hydrogen) atoms. The molecular weight excluding hydrogens is 434 g/mol. The van der Waals surface area contributed by atoms with Crippen LogP contribution in [0.2, 0.25) is 0 Å². The molecule has 0 aliphatic carbocycles. The van der Waals surface area contributed by atoms with Crippen molar-refractivity contribution in [1.29, 1.82) is 0 Å². The zero-order chi connectivity index (χ0) is 24.2. The summed E-state index contributed by atoms with van der Waals surface area (Å²) in [6, 6.07) is 18.9. The third kappa shape index (κ3) is 4.90. The maximum Gasteiger partial charge on any atom is 0.307 e. The molecule has 0 amide bonds. The number of hydrogen-bond donors (Lipinski definition) is 3. The maximum absolute atomic E-state index is 11.3. The number of carboxylic acid groups (broad SMARTS) is 1. The lowest BCUT2D eigenvalue weighted by Crippen LogP contribution is -2.06. The molecule has 0 aliphatic heterocycles. The number of fused-ring (bicyclic) bond motifs is 1. The van der Waals surface area contributed by atoms with Crippen molar-refractivity contribution in [2.75, 3.05) is 7.11 Å². The minimum absolute atomic E-state index is 0.0827. The van der Waals surface area contributed by atoms with Crippen molar-refractivity contribution >= 4 is 16.9 Å². The van der Waals surface area contributed by atoms with Crippen molar-refractivity contribution in [2.24, 2.45) is 5.73 Å². The number of ether oxygens (including phenoxy) is 2. The summed E-state index contributed by atoms with van der Waals surface area (Å²) in [6.45, 7) is 2.17. The van der Waals surface area contributed by atoms with Gasteiger partial charge in [0, 0.05) is 29.1 Å². The summed E-state index contributed by atoms with van der Waals surface area (Å²) in [6.07, 6.45) is -1.03. The minimum atomic E-state index is -0.960. The van der Waals surface area contributed by atoms with Crippen molar-refractivity contribution < 1.29 is 28.9 Å². The standard InChI is InChI=1S/C27H27NO6/c1-16(29)27-23(15-33-25-13-21(32-2)8-6-20(25)12-26(30)31)22-11-19(7-9-24(22)34-27)18-5-3-4-17(10-18)14-28/h3-11,13,16,29H,12,14-15,28H2,1-2H3,(H,30,31). The van der Waals surface area contributed by atoms with Crippen LogP contribution in [0.15, 0.2) is 65.1 Å². The molecule has 0 spiro atoms. The van der Waals surface area contributed by atoms with E-state index in [9.17, 15) is 15.0 Å². The smallest absolute Gasteiger partial charge is 0.307 e. The fourth-order valence-corrected chi connectivity index (χ4v) is 3.97. The Labute approximate surface area is 197 Å². The van der Waals surface area contributed by atoms with Crippen LogP contribution >= 0.6 is 0 Å². The molecule has 0 saturated heterocycles. The third-order valence-corrected chi connectivity index (χ3v) is 5.69. The van der Waals surface area contributed by atoms with Gasteiger partial charge in [0.25, 0.3) is 0 Å². The zero-order valence-electron chi connectivity index (χ0n) is 19.1. The number of aliphatic hydroxyl groups excluding tert-OH is 1. The van der Waals surface area contributed by atoms with Crippen LogP contribution in [0.1, 0.15) is 35.5 Å². The van der Waals surface area contributed by atoms with E-state index in [-0.39, 0.29) is 13.0 Å². The molecule has 3 aromatic carbocycles. The van der Waals surface area contributed by atoms with Crippen LogP contribution in [0.3, 0.4) is 0 Å². The molecule has 1 aromatic heterocycles. The molecule has 1 heterocycles. The lowest BCUT2D eigenvalue weighted by atomic mass is 10.00. The molecule has 0 bridgehead atoms. The second-order valence-corrected chi connectivity index (χ2v) is 8.07. The van der Waals surface area contributed by atoms with Crippen LogP contribution in [-0.2, 0) is 24.4 Å². The van der Waals surface area contributed by atoms with Gasteiger partial charge in [-0.15, -0.1) is 0 Å². The number of aliphatic hydroxyl groups is 1. The summed E-state index contributed by atoms with van der Waals surface area (Å²) >= 11 is 0. The highest BCUT2D eigenvalue weighted by atomic mass is 16.5. The highest BCUT2D eigenvalue weighted by molar-refractivity contribution is 5.87. The lowest BCUT2D eigenvalue weighted by Gasteiger charge is -2.13. The number of aliphatic carboxylic acids is 1. The van der Waals surface area contributed by atoms with Gasteiger partial charge in [0.1, 0.15) is 35.6 Å². The molecule has 0 fully saturated rings. The van der Waals surface area contributed by atoms with Gasteiger partial charge in [0.05, 0.1) is 13.5 Å². The van der Waals surface area contributed by atoms with Crippen molar-refractivity contribution in [1.82, 2.24) is 0 Å². The first-order valence-corrected chi connectivity index (χ1v) is 10.9. The van der Waals surface area contributed by atoms with Crippen LogP contribution < -0.4 is 15.2 Å². The Bertz CT molecular complexity index is 1320. The Morgan fingerprint density at radius 1 is 1.09 bits per heavy atom. The van der Waals surface area contributed by atoms with E-state index >= 15 is 0 Å². The van der Waals surface area contributed by atoms with E-state index in [1.165, 1.54) is 7.11 Å². The third-order valence-electron chi connectivity index (χ3n) is 5.69. The summed E-state index contributed by atoms with van der Waals surface area (Å²) in [5, 5.41) is 20.4. The van der Waals surface area contributed by atoms with Crippen LogP contribution in [0, 0.1) is 0 Å². The Kier molecular flexibility index (Phi) is 6.86. The number of furan rings is 1. The Balaban J connectivity index is 1.74. The number of carboxylic acids is 1. The van der Waals surface area contributed by atoms with Gasteiger partial charge in [-0.2, -0.15) is 0 Å². The normalized spacial score (nSPS) is 12.0. The second kappa shape index (κ2) is 9.99. The highest BCUT2D eigenvalue weighted by Crippen LogP contribution is 2.35. The van der Waals surface area contributed by atoms with E-state index < -0.39 is 12.1 Å². The number of nitrogens with two attached hydrogens (primary N) is 1. The average molecular weight is 462 g/mol. The quantitative estimate of drug-likeness (QED) is 0.327. The molecule has 4 N–H and O–H groups in total. The summed E-state index contributed by atoms with van der Waals surface area (Å²) < 4.78 is 17.3. The number of hydrogen-bond acceptors (Lipinski definition) is 6. The Morgan fingerprint density at radius 2 is 1.88 bits per heavy atom. The first-order valence-electron chi connectivity index (χ1n) is 10.9. The van der Waals surface area contributed by atoms with Crippen molar-refractivity contribution in [3.63, 3.8) is 0 Å². The van der Waals surface area contributed by atoms with Crippen LogP contribution in [-0.4, -0.2) is 23.3 Å².